The van der Waals surface area contributed by atoms with Crippen LogP contribution in [0, 0.1) is 0 Å². The standard InChI is InChI=1S/C16H19N3S/c1-2-5-13-12(4-1)16(18-10-17-13)19-14-6-3-7-15-11(14)8-9-20-15/h8-10,14H,1-7H2,(H,17,18,19). The molecule has 2 aromatic heterocycles. The molecule has 4 heteroatoms. The van der Waals surface area contributed by atoms with E-state index in [0.29, 0.717) is 6.04 Å². The largest absolute Gasteiger partial charge is 0.363 e. The van der Waals surface area contributed by atoms with E-state index < -0.39 is 0 Å². The molecule has 0 saturated carbocycles. The molecule has 0 aromatic carbocycles. The number of aryl methyl sites for hydroxylation is 2. The number of fused-ring (bicyclic) bond motifs is 2. The normalized spacial score (nSPS) is 21.1. The molecule has 0 amide bonds. The average molecular weight is 285 g/mol. The second kappa shape index (κ2) is 5.17. The lowest BCUT2D eigenvalue weighted by atomic mass is 9.92. The van der Waals surface area contributed by atoms with Crippen molar-refractivity contribution in [2.45, 2.75) is 51.0 Å². The summed E-state index contributed by atoms with van der Waals surface area (Å²) in [5.41, 5.74) is 4.11. The van der Waals surface area contributed by atoms with Gasteiger partial charge in [-0.2, -0.15) is 0 Å². The first-order chi connectivity index (χ1) is 9.92. The zero-order valence-corrected chi connectivity index (χ0v) is 12.4. The van der Waals surface area contributed by atoms with Gasteiger partial charge in [0.25, 0.3) is 0 Å². The molecule has 1 unspecified atom stereocenters. The van der Waals surface area contributed by atoms with E-state index >= 15 is 0 Å². The Kier molecular flexibility index (Phi) is 3.19. The molecule has 2 heterocycles. The first-order valence-corrected chi connectivity index (χ1v) is 8.45. The maximum absolute atomic E-state index is 4.52. The number of nitrogens with one attached hydrogen (secondary N) is 1. The molecule has 0 radical (unpaired) electrons. The average Bonchev–Trinajstić information content (AvgIpc) is 2.97. The van der Waals surface area contributed by atoms with Crippen molar-refractivity contribution in [2.24, 2.45) is 0 Å². The molecule has 4 rings (SSSR count). The van der Waals surface area contributed by atoms with Gasteiger partial charge < -0.3 is 5.32 Å². The second-order valence-electron chi connectivity index (χ2n) is 5.74. The maximum atomic E-state index is 4.52. The van der Waals surface area contributed by atoms with Gasteiger partial charge in [0.1, 0.15) is 12.1 Å². The number of rotatable bonds is 2. The Balaban J connectivity index is 1.65. The van der Waals surface area contributed by atoms with Gasteiger partial charge in [0.15, 0.2) is 0 Å². The first-order valence-electron chi connectivity index (χ1n) is 7.57. The van der Waals surface area contributed by atoms with Gasteiger partial charge in [-0.05, 0) is 62.0 Å². The van der Waals surface area contributed by atoms with E-state index in [1.807, 2.05) is 11.3 Å². The van der Waals surface area contributed by atoms with E-state index in [1.54, 1.807) is 11.2 Å². The zero-order valence-electron chi connectivity index (χ0n) is 11.6. The Morgan fingerprint density at radius 1 is 1.10 bits per heavy atom. The molecule has 0 aliphatic heterocycles. The van der Waals surface area contributed by atoms with E-state index in [2.05, 4.69) is 26.7 Å². The zero-order chi connectivity index (χ0) is 13.4. The Morgan fingerprint density at radius 3 is 3.05 bits per heavy atom. The summed E-state index contributed by atoms with van der Waals surface area (Å²) < 4.78 is 0. The summed E-state index contributed by atoms with van der Waals surface area (Å²) in [4.78, 5) is 10.5. The lowest BCUT2D eigenvalue weighted by Crippen LogP contribution is -2.19. The number of nitrogens with zero attached hydrogens (tertiary/aromatic N) is 2. The fraction of sp³-hybridized carbons (Fsp3) is 0.500. The Morgan fingerprint density at radius 2 is 2.05 bits per heavy atom. The van der Waals surface area contributed by atoms with Crippen molar-refractivity contribution < 1.29 is 0 Å². The predicted molar refractivity (Wildman–Crippen MR) is 82.3 cm³/mol. The summed E-state index contributed by atoms with van der Waals surface area (Å²) in [6, 6.07) is 2.72. The van der Waals surface area contributed by atoms with Crippen molar-refractivity contribution in [1.29, 1.82) is 0 Å². The van der Waals surface area contributed by atoms with Gasteiger partial charge in [0.05, 0.1) is 6.04 Å². The lowest BCUT2D eigenvalue weighted by molar-refractivity contribution is 0.601. The van der Waals surface area contributed by atoms with E-state index in [4.69, 9.17) is 0 Å². The molecule has 3 nitrogen and oxygen atoms in total. The Bertz CT molecular complexity index is 620. The van der Waals surface area contributed by atoms with Crippen LogP contribution in [0.2, 0.25) is 0 Å². The molecular weight excluding hydrogens is 266 g/mol. The van der Waals surface area contributed by atoms with Gasteiger partial charge in [0.2, 0.25) is 0 Å². The fourth-order valence-corrected chi connectivity index (χ4v) is 4.43. The first kappa shape index (κ1) is 12.3. The van der Waals surface area contributed by atoms with Crippen LogP contribution in [0.5, 0.6) is 0 Å². The highest BCUT2D eigenvalue weighted by Crippen LogP contribution is 2.36. The number of thiophene rings is 1. The van der Waals surface area contributed by atoms with Gasteiger partial charge in [-0.3, -0.25) is 0 Å². The number of aromatic nitrogens is 2. The summed E-state index contributed by atoms with van der Waals surface area (Å²) in [5, 5.41) is 5.93. The summed E-state index contributed by atoms with van der Waals surface area (Å²) in [6.45, 7) is 0. The summed E-state index contributed by atoms with van der Waals surface area (Å²) >= 11 is 1.90. The minimum absolute atomic E-state index is 0.436. The van der Waals surface area contributed by atoms with Crippen LogP contribution in [-0.4, -0.2) is 9.97 Å². The van der Waals surface area contributed by atoms with Crippen molar-refractivity contribution in [3.8, 4) is 0 Å². The summed E-state index contributed by atoms with van der Waals surface area (Å²) in [7, 11) is 0. The Labute approximate surface area is 123 Å². The van der Waals surface area contributed by atoms with Crippen LogP contribution < -0.4 is 5.32 Å². The molecule has 20 heavy (non-hydrogen) atoms. The third-order valence-corrected chi connectivity index (χ3v) is 5.48. The fourth-order valence-electron chi connectivity index (χ4n) is 3.45. The molecule has 0 fully saturated rings. The van der Waals surface area contributed by atoms with Crippen LogP contribution in [0.1, 0.15) is 53.4 Å². The minimum atomic E-state index is 0.436. The van der Waals surface area contributed by atoms with Crippen LogP contribution in [0.25, 0.3) is 0 Å². The highest BCUT2D eigenvalue weighted by atomic mass is 32.1. The minimum Gasteiger partial charge on any atom is -0.363 e. The van der Waals surface area contributed by atoms with E-state index in [0.717, 1.165) is 18.7 Å². The number of hydrogen-bond donors (Lipinski definition) is 1. The molecule has 0 saturated heterocycles. The molecule has 2 aromatic rings. The second-order valence-corrected chi connectivity index (χ2v) is 6.74. The van der Waals surface area contributed by atoms with Crippen molar-refractivity contribution in [1.82, 2.24) is 9.97 Å². The van der Waals surface area contributed by atoms with E-state index in [1.165, 1.54) is 48.9 Å². The van der Waals surface area contributed by atoms with Crippen molar-refractivity contribution in [2.75, 3.05) is 5.32 Å². The highest BCUT2D eigenvalue weighted by molar-refractivity contribution is 7.10. The van der Waals surface area contributed by atoms with Crippen molar-refractivity contribution in [3.05, 3.63) is 39.5 Å². The van der Waals surface area contributed by atoms with E-state index in [9.17, 15) is 0 Å². The van der Waals surface area contributed by atoms with Gasteiger partial charge in [-0.25, -0.2) is 9.97 Å². The van der Waals surface area contributed by atoms with Crippen molar-refractivity contribution >= 4 is 17.2 Å². The van der Waals surface area contributed by atoms with Crippen LogP contribution in [0.3, 0.4) is 0 Å². The quantitative estimate of drug-likeness (QED) is 0.909. The predicted octanol–water partition coefficient (Wildman–Crippen LogP) is 3.91. The van der Waals surface area contributed by atoms with Gasteiger partial charge in [0, 0.05) is 16.1 Å². The smallest absolute Gasteiger partial charge is 0.133 e. The number of anilines is 1. The topological polar surface area (TPSA) is 37.8 Å². The third-order valence-electron chi connectivity index (χ3n) is 4.49. The SMILES string of the molecule is c1nc2c(c(NC3CCCc4sccc43)n1)CCCC2. The number of hydrogen-bond acceptors (Lipinski definition) is 4. The van der Waals surface area contributed by atoms with Gasteiger partial charge in [-0.15, -0.1) is 11.3 Å². The molecule has 1 atom stereocenters. The van der Waals surface area contributed by atoms with E-state index in [-0.39, 0.29) is 0 Å². The molecule has 0 spiro atoms. The summed E-state index contributed by atoms with van der Waals surface area (Å²) in [6.07, 6.45) is 10.2. The molecule has 104 valence electrons. The molecule has 2 aliphatic rings. The molecule has 0 bridgehead atoms. The lowest BCUT2D eigenvalue weighted by Gasteiger charge is -2.26. The molecular formula is C16H19N3S. The van der Waals surface area contributed by atoms with Gasteiger partial charge >= 0.3 is 0 Å². The highest BCUT2D eigenvalue weighted by Gasteiger charge is 2.23. The maximum Gasteiger partial charge on any atom is 0.133 e. The molecule has 1 N–H and O–H groups in total. The summed E-state index contributed by atoms with van der Waals surface area (Å²) in [5.74, 6) is 1.08. The van der Waals surface area contributed by atoms with Crippen molar-refractivity contribution in [3.63, 3.8) is 0 Å². The molecule has 2 aliphatic carbocycles. The van der Waals surface area contributed by atoms with Gasteiger partial charge in [-0.1, -0.05) is 0 Å². The van der Waals surface area contributed by atoms with Crippen LogP contribution in [0.4, 0.5) is 5.82 Å². The third kappa shape index (κ3) is 2.12. The monoisotopic (exact) mass is 285 g/mol. The van der Waals surface area contributed by atoms with Crippen LogP contribution in [-0.2, 0) is 19.3 Å². The van der Waals surface area contributed by atoms with Crippen LogP contribution in [0.15, 0.2) is 17.8 Å². The van der Waals surface area contributed by atoms with Crippen LogP contribution >= 0.6 is 11.3 Å². The Hall–Kier alpha value is -1.42.